The van der Waals surface area contributed by atoms with Gasteiger partial charge in [0, 0.05) is 12.4 Å². The van der Waals surface area contributed by atoms with Crippen molar-refractivity contribution >= 4 is 0 Å². The minimum Gasteiger partial charge on any atom is -0.264 e. The molecule has 1 aromatic heterocycles. The molecule has 0 saturated heterocycles. The van der Waals surface area contributed by atoms with E-state index < -0.39 is 0 Å². The second-order valence-electron chi connectivity index (χ2n) is 5.00. The molecule has 0 aliphatic heterocycles. The molecule has 104 valence electrons. The number of pyridine rings is 1. The van der Waals surface area contributed by atoms with Crippen LogP contribution in [-0.4, -0.2) is 4.98 Å². The van der Waals surface area contributed by atoms with Gasteiger partial charge < -0.3 is 0 Å². The van der Waals surface area contributed by atoms with Crippen LogP contribution in [0.2, 0.25) is 0 Å². The average Bonchev–Trinajstić information content (AvgIpc) is 2.40. The van der Waals surface area contributed by atoms with E-state index >= 15 is 0 Å². The summed E-state index contributed by atoms with van der Waals surface area (Å²) in [6.07, 6.45) is 11.7. The van der Waals surface area contributed by atoms with Crippen LogP contribution >= 0.6 is 0 Å². The van der Waals surface area contributed by atoms with Crippen molar-refractivity contribution in [2.45, 2.75) is 40.5 Å². The summed E-state index contributed by atoms with van der Waals surface area (Å²) in [5.41, 5.74) is 2.63. The third-order valence-electron chi connectivity index (χ3n) is 2.69. The molecule has 19 heavy (non-hydrogen) atoms. The molecule has 1 heterocycles. The molecule has 0 atom stereocenters. The smallest absolute Gasteiger partial charge is 0.0302 e. The van der Waals surface area contributed by atoms with Crippen molar-refractivity contribution in [2.24, 2.45) is 5.92 Å². The number of rotatable bonds is 4. The lowest BCUT2D eigenvalue weighted by atomic mass is 10.0. The number of aromatic nitrogens is 1. The molecule has 0 N–H and O–H groups in total. The van der Waals surface area contributed by atoms with Gasteiger partial charge in [0.1, 0.15) is 0 Å². The predicted molar refractivity (Wildman–Crippen MR) is 86.3 cm³/mol. The SMILES string of the molecule is C=C/C=C(\C=C/C)C(C)C.CC(C)c1cccnc1. The van der Waals surface area contributed by atoms with Gasteiger partial charge in [-0.25, -0.2) is 0 Å². The zero-order chi connectivity index (χ0) is 14.7. The van der Waals surface area contributed by atoms with Crippen LogP contribution in [0.4, 0.5) is 0 Å². The van der Waals surface area contributed by atoms with E-state index in [-0.39, 0.29) is 0 Å². The highest BCUT2D eigenvalue weighted by Crippen LogP contribution is 2.11. The minimum atomic E-state index is 0.592. The molecular formula is C18H27N. The van der Waals surface area contributed by atoms with E-state index in [0.29, 0.717) is 11.8 Å². The van der Waals surface area contributed by atoms with Gasteiger partial charge >= 0.3 is 0 Å². The van der Waals surface area contributed by atoms with Crippen LogP contribution in [0.15, 0.2) is 61.0 Å². The van der Waals surface area contributed by atoms with Crippen molar-refractivity contribution < 1.29 is 0 Å². The average molecular weight is 257 g/mol. The van der Waals surface area contributed by atoms with E-state index in [4.69, 9.17) is 0 Å². The lowest BCUT2D eigenvalue weighted by Crippen LogP contribution is -1.88. The lowest BCUT2D eigenvalue weighted by molar-refractivity contribution is 0.791. The fraction of sp³-hybridized carbons (Fsp3) is 0.389. The van der Waals surface area contributed by atoms with Gasteiger partial charge in [-0.15, -0.1) is 0 Å². The molecule has 1 nitrogen and oxygen atoms in total. The molecule has 0 aliphatic rings. The fourth-order valence-electron chi connectivity index (χ4n) is 1.49. The van der Waals surface area contributed by atoms with Crippen LogP contribution in [0, 0.1) is 5.92 Å². The Bertz CT molecular complexity index is 397. The fourth-order valence-corrected chi connectivity index (χ4v) is 1.49. The zero-order valence-electron chi connectivity index (χ0n) is 12.9. The normalized spacial score (nSPS) is 11.6. The van der Waals surface area contributed by atoms with E-state index in [1.807, 2.05) is 31.3 Å². The summed E-state index contributed by atoms with van der Waals surface area (Å²) in [6, 6.07) is 4.06. The molecule has 0 amide bonds. The molecule has 0 aromatic carbocycles. The molecule has 0 aliphatic carbocycles. The van der Waals surface area contributed by atoms with Crippen LogP contribution in [0.1, 0.15) is 46.1 Å². The van der Waals surface area contributed by atoms with E-state index in [1.165, 1.54) is 11.1 Å². The number of hydrogen-bond acceptors (Lipinski definition) is 1. The Balaban J connectivity index is 0.000000342. The molecule has 0 saturated carbocycles. The van der Waals surface area contributed by atoms with Crippen molar-refractivity contribution in [1.82, 2.24) is 4.98 Å². The lowest BCUT2D eigenvalue weighted by Gasteiger charge is -2.03. The van der Waals surface area contributed by atoms with Gasteiger partial charge in [-0.2, -0.15) is 0 Å². The van der Waals surface area contributed by atoms with Crippen LogP contribution < -0.4 is 0 Å². The summed E-state index contributed by atoms with van der Waals surface area (Å²) >= 11 is 0. The van der Waals surface area contributed by atoms with Gasteiger partial charge in [-0.1, -0.05) is 64.6 Å². The molecule has 0 radical (unpaired) electrons. The summed E-state index contributed by atoms with van der Waals surface area (Å²) in [5.74, 6) is 1.19. The maximum atomic E-state index is 4.01. The third-order valence-corrected chi connectivity index (χ3v) is 2.69. The minimum absolute atomic E-state index is 0.592. The zero-order valence-corrected chi connectivity index (χ0v) is 12.9. The van der Waals surface area contributed by atoms with Crippen LogP contribution in [-0.2, 0) is 0 Å². The predicted octanol–water partition coefficient (Wildman–Crippen LogP) is 5.54. The van der Waals surface area contributed by atoms with E-state index in [9.17, 15) is 0 Å². The van der Waals surface area contributed by atoms with Crippen LogP contribution in [0.25, 0.3) is 0 Å². The molecular weight excluding hydrogens is 230 g/mol. The Morgan fingerprint density at radius 1 is 1.26 bits per heavy atom. The first kappa shape index (κ1) is 17.4. The summed E-state index contributed by atoms with van der Waals surface area (Å²) in [6.45, 7) is 14.4. The molecule has 0 spiro atoms. The van der Waals surface area contributed by atoms with Gasteiger partial charge in [0.05, 0.1) is 0 Å². The van der Waals surface area contributed by atoms with Crippen molar-refractivity contribution in [3.63, 3.8) is 0 Å². The molecule has 0 fully saturated rings. The maximum Gasteiger partial charge on any atom is 0.0302 e. The monoisotopic (exact) mass is 257 g/mol. The quantitative estimate of drug-likeness (QED) is 0.646. The Kier molecular flexibility index (Phi) is 9.42. The van der Waals surface area contributed by atoms with Crippen molar-refractivity contribution in [1.29, 1.82) is 0 Å². The largest absolute Gasteiger partial charge is 0.264 e. The standard InChI is InChI=1S/C10H16.C8H11N/c1-5-7-10(8-6-2)9(3)4;1-7(2)8-4-3-5-9-6-8/h5-9H,1H2,2-4H3;3-7H,1-2H3/b8-6-,10-7+;. The number of hydrogen-bond donors (Lipinski definition) is 0. The van der Waals surface area contributed by atoms with Crippen LogP contribution in [0.5, 0.6) is 0 Å². The van der Waals surface area contributed by atoms with Crippen molar-refractivity contribution in [2.75, 3.05) is 0 Å². The van der Waals surface area contributed by atoms with E-state index in [1.54, 1.807) is 6.20 Å². The Morgan fingerprint density at radius 3 is 2.26 bits per heavy atom. The van der Waals surface area contributed by atoms with E-state index in [2.05, 4.69) is 57.5 Å². The Labute approximate surface area is 118 Å². The molecule has 1 aromatic rings. The van der Waals surface area contributed by atoms with Gasteiger partial charge in [0.15, 0.2) is 0 Å². The van der Waals surface area contributed by atoms with Crippen LogP contribution in [0.3, 0.4) is 0 Å². The highest BCUT2D eigenvalue weighted by molar-refractivity contribution is 5.24. The first-order valence-electron chi connectivity index (χ1n) is 6.88. The van der Waals surface area contributed by atoms with Crippen molar-refractivity contribution in [3.8, 4) is 0 Å². The third kappa shape index (κ3) is 8.15. The van der Waals surface area contributed by atoms with Gasteiger partial charge in [-0.05, 0) is 36.0 Å². The molecule has 1 rings (SSSR count). The molecule has 0 bridgehead atoms. The summed E-state index contributed by atoms with van der Waals surface area (Å²) in [4.78, 5) is 4.01. The highest BCUT2D eigenvalue weighted by atomic mass is 14.6. The van der Waals surface area contributed by atoms with Crippen molar-refractivity contribution in [3.05, 3.63) is 66.5 Å². The first-order valence-corrected chi connectivity index (χ1v) is 6.88. The summed E-state index contributed by atoms with van der Waals surface area (Å²) in [7, 11) is 0. The summed E-state index contributed by atoms with van der Waals surface area (Å²) in [5, 5.41) is 0. The van der Waals surface area contributed by atoms with Gasteiger partial charge in [0.2, 0.25) is 0 Å². The number of allylic oxidation sites excluding steroid dienone is 5. The first-order chi connectivity index (χ1) is 9.02. The Hall–Kier alpha value is -1.63. The van der Waals surface area contributed by atoms with Gasteiger partial charge in [0.25, 0.3) is 0 Å². The summed E-state index contributed by atoms with van der Waals surface area (Å²) < 4.78 is 0. The highest BCUT2D eigenvalue weighted by Gasteiger charge is 1.95. The van der Waals surface area contributed by atoms with E-state index in [0.717, 1.165) is 0 Å². The second-order valence-corrected chi connectivity index (χ2v) is 5.00. The number of nitrogens with zero attached hydrogens (tertiary/aromatic N) is 1. The Morgan fingerprint density at radius 2 is 1.95 bits per heavy atom. The molecule has 0 unspecified atom stereocenters. The topological polar surface area (TPSA) is 12.9 Å². The molecule has 1 heteroatoms. The van der Waals surface area contributed by atoms with Gasteiger partial charge in [-0.3, -0.25) is 4.98 Å². The second kappa shape index (κ2) is 10.3. The maximum absolute atomic E-state index is 4.01.